The number of carbonyl (C=O) groups is 2. The minimum atomic E-state index is -0.954. The van der Waals surface area contributed by atoms with Gasteiger partial charge in [0.15, 0.2) is 0 Å². The second-order valence-electron chi connectivity index (χ2n) is 11.3. The van der Waals surface area contributed by atoms with Crippen molar-refractivity contribution in [1.82, 2.24) is 10.2 Å². The van der Waals surface area contributed by atoms with Crippen LogP contribution in [0.1, 0.15) is 70.0 Å². The Morgan fingerprint density at radius 2 is 1.72 bits per heavy atom. The lowest BCUT2D eigenvalue weighted by molar-refractivity contribution is -0.152. The van der Waals surface area contributed by atoms with Gasteiger partial charge in [-0.25, -0.2) is 4.79 Å². The molecule has 5 nitrogen and oxygen atoms in total. The number of halogens is 2. The summed E-state index contributed by atoms with van der Waals surface area (Å²) in [5, 5.41) is 15.3. The van der Waals surface area contributed by atoms with Gasteiger partial charge in [0.25, 0.3) is 0 Å². The fourth-order valence-corrected chi connectivity index (χ4v) is 6.70. The number of hydrogen-bond acceptors (Lipinski definition) is 3. The first-order valence-electron chi connectivity index (χ1n) is 12.8. The predicted molar refractivity (Wildman–Crippen MR) is 144 cm³/mol. The normalized spacial score (nSPS) is 24.9. The van der Waals surface area contributed by atoms with E-state index < -0.39 is 18.1 Å². The van der Waals surface area contributed by atoms with Crippen molar-refractivity contribution in [1.29, 1.82) is 0 Å². The number of hydrogen-bond donors (Lipinski definition) is 2. The van der Waals surface area contributed by atoms with Gasteiger partial charge in [0.05, 0.1) is 6.04 Å². The zero-order valence-electron chi connectivity index (χ0n) is 21.2. The van der Waals surface area contributed by atoms with Crippen LogP contribution in [-0.4, -0.2) is 34.0 Å². The van der Waals surface area contributed by atoms with Crippen molar-refractivity contribution in [2.24, 2.45) is 17.3 Å². The van der Waals surface area contributed by atoms with Gasteiger partial charge < -0.3 is 15.3 Å². The number of carboxylic acid groups (broad SMARTS) is 1. The molecular weight excluding hydrogens is 495 g/mol. The Balaban J connectivity index is 1.76. The van der Waals surface area contributed by atoms with Crippen molar-refractivity contribution >= 4 is 35.1 Å². The van der Waals surface area contributed by atoms with Gasteiger partial charge in [-0.05, 0) is 47.4 Å². The number of carboxylic acids is 1. The van der Waals surface area contributed by atoms with Gasteiger partial charge in [-0.3, -0.25) is 4.79 Å². The van der Waals surface area contributed by atoms with Crippen LogP contribution in [0.25, 0.3) is 0 Å². The molecule has 4 rings (SSSR count). The number of rotatable bonds is 7. The number of aliphatic carboxylic acids is 1. The molecule has 1 saturated heterocycles. The van der Waals surface area contributed by atoms with Crippen molar-refractivity contribution in [3.63, 3.8) is 0 Å². The van der Waals surface area contributed by atoms with Crippen molar-refractivity contribution < 1.29 is 14.7 Å². The lowest BCUT2D eigenvalue weighted by Gasteiger charge is -2.35. The number of nitrogens with zero attached hydrogens (tertiary/aromatic N) is 1. The Hall–Kier alpha value is -2.08. The molecule has 1 aliphatic carbocycles. The summed E-state index contributed by atoms with van der Waals surface area (Å²) >= 11 is 12.6. The third-order valence-corrected chi connectivity index (χ3v) is 8.42. The maximum Gasteiger partial charge on any atom is 0.326 e. The first-order chi connectivity index (χ1) is 17.1. The second kappa shape index (κ2) is 11.1. The molecule has 0 radical (unpaired) electrons. The van der Waals surface area contributed by atoms with Crippen LogP contribution in [0.5, 0.6) is 0 Å². The van der Waals surface area contributed by atoms with Gasteiger partial charge in [0.2, 0.25) is 5.91 Å². The third kappa shape index (κ3) is 5.74. The highest BCUT2D eigenvalue weighted by atomic mass is 35.5. The van der Waals surface area contributed by atoms with E-state index in [0.717, 1.165) is 36.8 Å². The molecule has 0 aromatic heterocycles. The third-order valence-electron chi connectivity index (χ3n) is 7.83. The maximum atomic E-state index is 13.9. The van der Waals surface area contributed by atoms with Crippen LogP contribution in [0, 0.1) is 17.3 Å². The predicted octanol–water partition coefficient (Wildman–Crippen LogP) is 6.73. The van der Waals surface area contributed by atoms with Crippen LogP contribution in [0.4, 0.5) is 0 Å². The minimum Gasteiger partial charge on any atom is -0.480 e. The van der Waals surface area contributed by atoms with Gasteiger partial charge >= 0.3 is 5.97 Å². The Kier molecular flexibility index (Phi) is 8.33. The summed E-state index contributed by atoms with van der Waals surface area (Å²) in [6.07, 6.45) is 4.75. The molecule has 1 amide bonds. The maximum absolute atomic E-state index is 13.9. The summed E-state index contributed by atoms with van der Waals surface area (Å²) in [5.74, 6) is -1.01. The summed E-state index contributed by atoms with van der Waals surface area (Å²) in [6, 6.07) is 13.6. The van der Waals surface area contributed by atoms with E-state index in [1.165, 1.54) is 0 Å². The monoisotopic (exact) mass is 530 g/mol. The van der Waals surface area contributed by atoms with E-state index >= 15 is 0 Å². The molecule has 1 heterocycles. The summed E-state index contributed by atoms with van der Waals surface area (Å²) in [6.45, 7) is 6.62. The molecule has 2 aromatic rings. The van der Waals surface area contributed by atoms with Gasteiger partial charge in [-0.15, -0.1) is 0 Å². The topological polar surface area (TPSA) is 69.6 Å². The van der Waals surface area contributed by atoms with Crippen LogP contribution in [0.3, 0.4) is 0 Å². The number of carbonyl (C=O) groups excluding carboxylic acids is 1. The number of likely N-dealkylation sites (tertiary alicyclic amines) is 1. The number of amides is 1. The van der Waals surface area contributed by atoms with Gasteiger partial charge in [-0.1, -0.05) is 93.2 Å². The molecule has 2 aliphatic rings. The van der Waals surface area contributed by atoms with E-state index in [0.29, 0.717) is 28.9 Å². The number of nitrogens with one attached hydrogen (secondary N) is 1. The van der Waals surface area contributed by atoms with Gasteiger partial charge in [-0.2, -0.15) is 0 Å². The molecule has 2 N–H and O–H groups in total. The second-order valence-corrected chi connectivity index (χ2v) is 12.2. The van der Waals surface area contributed by atoms with Crippen molar-refractivity contribution in [3.8, 4) is 0 Å². The molecule has 194 valence electrons. The lowest BCUT2D eigenvalue weighted by Crippen LogP contribution is -2.48. The van der Waals surface area contributed by atoms with E-state index in [-0.39, 0.29) is 23.3 Å². The lowest BCUT2D eigenvalue weighted by atomic mass is 9.72. The van der Waals surface area contributed by atoms with Gasteiger partial charge in [0, 0.05) is 35.0 Å². The molecule has 4 unspecified atom stereocenters. The van der Waals surface area contributed by atoms with E-state index in [1.54, 1.807) is 17.0 Å². The first kappa shape index (κ1) is 27.0. The molecule has 1 saturated carbocycles. The summed E-state index contributed by atoms with van der Waals surface area (Å²) in [4.78, 5) is 28.4. The van der Waals surface area contributed by atoms with E-state index in [2.05, 4.69) is 26.1 Å². The van der Waals surface area contributed by atoms with Gasteiger partial charge in [0.1, 0.15) is 6.04 Å². The Morgan fingerprint density at radius 1 is 1.06 bits per heavy atom. The van der Waals surface area contributed by atoms with Crippen LogP contribution in [0.15, 0.2) is 48.5 Å². The molecule has 2 fully saturated rings. The van der Waals surface area contributed by atoms with E-state index in [9.17, 15) is 14.7 Å². The zero-order valence-corrected chi connectivity index (χ0v) is 22.7. The van der Waals surface area contributed by atoms with Crippen molar-refractivity contribution in [3.05, 3.63) is 69.7 Å². The van der Waals surface area contributed by atoms with E-state index in [4.69, 9.17) is 23.2 Å². The average molecular weight is 532 g/mol. The van der Waals surface area contributed by atoms with Crippen molar-refractivity contribution in [2.45, 2.75) is 77.5 Å². The first-order valence-corrected chi connectivity index (χ1v) is 13.6. The Bertz CT molecular complexity index is 1080. The van der Waals surface area contributed by atoms with Crippen molar-refractivity contribution in [2.75, 3.05) is 0 Å². The molecule has 4 atom stereocenters. The van der Waals surface area contributed by atoms with Crippen LogP contribution in [0.2, 0.25) is 10.0 Å². The van der Waals surface area contributed by atoms with Crippen LogP contribution in [-0.2, 0) is 16.1 Å². The standard InChI is InChI=1S/C29H36Cl2N2O3/c1-29(2,3)24-25(32-17-20-13-14-21(30)16-22(20)31)26(19-11-5-4-6-12-19)33(27(24)28(35)36)23(34)15-18-9-7-8-10-18/h4-6,11-14,16,18,24-27,32H,7-10,15,17H2,1-3H3,(H,35,36). The minimum absolute atomic E-state index is 0.0637. The Labute approximate surface area is 224 Å². The fourth-order valence-electron chi connectivity index (χ4n) is 6.22. The fraction of sp³-hybridized carbons (Fsp3) is 0.517. The highest BCUT2D eigenvalue weighted by molar-refractivity contribution is 6.35. The molecule has 7 heteroatoms. The molecular formula is C29H36Cl2N2O3. The molecule has 2 aromatic carbocycles. The quantitative estimate of drug-likeness (QED) is 0.416. The van der Waals surface area contributed by atoms with E-state index in [1.807, 2.05) is 36.4 Å². The molecule has 36 heavy (non-hydrogen) atoms. The largest absolute Gasteiger partial charge is 0.480 e. The Morgan fingerprint density at radius 3 is 2.31 bits per heavy atom. The highest BCUT2D eigenvalue weighted by Gasteiger charge is 2.57. The average Bonchev–Trinajstić information content (AvgIpc) is 3.44. The smallest absolute Gasteiger partial charge is 0.326 e. The summed E-state index contributed by atoms with van der Waals surface area (Å²) < 4.78 is 0. The zero-order chi connectivity index (χ0) is 26.0. The number of benzene rings is 2. The molecule has 0 spiro atoms. The molecule has 1 aliphatic heterocycles. The van der Waals surface area contributed by atoms with Crippen LogP contribution >= 0.6 is 23.2 Å². The highest BCUT2D eigenvalue weighted by Crippen LogP contribution is 2.49. The molecule has 0 bridgehead atoms. The van der Waals surface area contributed by atoms with Crippen LogP contribution < -0.4 is 5.32 Å². The summed E-state index contributed by atoms with van der Waals surface area (Å²) in [5.41, 5.74) is 1.44. The summed E-state index contributed by atoms with van der Waals surface area (Å²) in [7, 11) is 0. The SMILES string of the molecule is CC(C)(C)C1C(NCc2ccc(Cl)cc2Cl)C(c2ccccc2)N(C(=O)CC2CCCC2)C1C(=O)O.